The smallest absolute Gasteiger partial charge is 0.230 e. The van der Waals surface area contributed by atoms with Gasteiger partial charge in [-0.1, -0.05) is 42.5 Å². The standard InChI is InChI=1S/C28H29N3O4/c1-34-20-8-6-18(7-9-20)11-14-29-26(32)24-23-10-13-28(35-23)17-31(27(33)25(24)28)15-12-19-16-30-22-5-3-2-4-21(19)22/h2-10,13,16,23-25,30H,11-12,14-15,17H2,1H3,(H,29,32)/t23-,24+,25+,28-/m0/s1. The van der Waals surface area contributed by atoms with Gasteiger partial charge in [-0.3, -0.25) is 9.59 Å². The van der Waals surface area contributed by atoms with Crippen molar-refractivity contribution in [1.29, 1.82) is 0 Å². The van der Waals surface area contributed by atoms with E-state index in [1.165, 1.54) is 10.9 Å². The number of ether oxygens (including phenoxy) is 2. The lowest BCUT2D eigenvalue weighted by Crippen LogP contribution is -2.44. The number of fused-ring (bicyclic) bond motifs is 2. The molecule has 1 aromatic heterocycles. The first-order valence-electron chi connectivity index (χ1n) is 12.2. The fraction of sp³-hybridized carbons (Fsp3) is 0.357. The Morgan fingerprint density at radius 3 is 2.86 bits per heavy atom. The van der Waals surface area contributed by atoms with Gasteiger partial charge in [0.25, 0.3) is 0 Å². The second kappa shape index (κ2) is 8.57. The molecule has 2 amide bonds. The number of carbonyl (C=O) groups is 2. The predicted molar refractivity (Wildman–Crippen MR) is 132 cm³/mol. The predicted octanol–water partition coefficient (Wildman–Crippen LogP) is 2.86. The molecule has 2 aromatic carbocycles. The second-order valence-electron chi connectivity index (χ2n) is 9.66. The summed E-state index contributed by atoms with van der Waals surface area (Å²) in [5, 5.41) is 4.23. The van der Waals surface area contributed by atoms with E-state index >= 15 is 0 Å². The minimum atomic E-state index is -0.681. The highest BCUT2D eigenvalue weighted by Crippen LogP contribution is 2.51. The van der Waals surface area contributed by atoms with Crippen LogP contribution in [0.25, 0.3) is 10.9 Å². The van der Waals surface area contributed by atoms with Crippen LogP contribution >= 0.6 is 0 Å². The summed E-state index contributed by atoms with van der Waals surface area (Å²) in [6, 6.07) is 16.0. The molecule has 0 saturated carbocycles. The Balaban J connectivity index is 1.10. The Morgan fingerprint density at radius 2 is 2.03 bits per heavy atom. The van der Waals surface area contributed by atoms with Crippen molar-refractivity contribution in [3.8, 4) is 5.75 Å². The lowest BCUT2D eigenvalue weighted by Gasteiger charge is -2.23. The molecule has 2 N–H and O–H groups in total. The highest BCUT2D eigenvalue weighted by Gasteiger charge is 2.66. The van der Waals surface area contributed by atoms with Crippen molar-refractivity contribution in [1.82, 2.24) is 15.2 Å². The molecule has 3 aromatic rings. The number of methoxy groups -OCH3 is 1. The lowest BCUT2D eigenvalue weighted by atomic mass is 9.77. The largest absolute Gasteiger partial charge is 0.497 e. The van der Waals surface area contributed by atoms with Crippen LogP contribution in [-0.4, -0.2) is 60.1 Å². The van der Waals surface area contributed by atoms with E-state index in [-0.39, 0.29) is 17.9 Å². The molecule has 7 nitrogen and oxygen atoms in total. The van der Waals surface area contributed by atoms with Crippen LogP contribution in [0.1, 0.15) is 11.1 Å². The van der Waals surface area contributed by atoms with Crippen molar-refractivity contribution in [3.63, 3.8) is 0 Å². The molecule has 7 heteroatoms. The van der Waals surface area contributed by atoms with E-state index in [4.69, 9.17) is 9.47 Å². The molecular weight excluding hydrogens is 442 g/mol. The highest BCUT2D eigenvalue weighted by atomic mass is 16.5. The fourth-order valence-electron chi connectivity index (χ4n) is 5.90. The van der Waals surface area contributed by atoms with E-state index in [1.54, 1.807) is 7.11 Å². The lowest BCUT2D eigenvalue weighted by molar-refractivity contribution is -0.137. The van der Waals surface area contributed by atoms with Gasteiger partial charge in [0, 0.05) is 30.2 Å². The van der Waals surface area contributed by atoms with Gasteiger partial charge in [-0.2, -0.15) is 0 Å². The average molecular weight is 472 g/mol. The highest BCUT2D eigenvalue weighted by molar-refractivity contribution is 5.93. The summed E-state index contributed by atoms with van der Waals surface area (Å²) in [5.41, 5.74) is 2.73. The number of rotatable bonds is 8. The van der Waals surface area contributed by atoms with Gasteiger partial charge in [0.2, 0.25) is 11.8 Å². The number of amides is 2. The van der Waals surface area contributed by atoms with Crippen molar-refractivity contribution in [2.45, 2.75) is 24.5 Å². The summed E-state index contributed by atoms with van der Waals surface area (Å²) in [6.07, 6.45) is 7.12. The van der Waals surface area contributed by atoms with Gasteiger partial charge in [0.15, 0.2) is 0 Å². The summed E-state index contributed by atoms with van der Waals surface area (Å²) in [4.78, 5) is 31.8. The molecule has 3 aliphatic heterocycles. The number of hydrogen-bond acceptors (Lipinski definition) is 4. The van der Waals surface area contributed by atoms with Crippen molar-refractivity contribution < 1.29 is 19.1 Å². The van der Waals surface area contributed by atoms with Crippen molar-refractivity contribution in [2.75, 3.05) is 26.7 Å². The number of carbonyl (C=O) groups excluding carboxylic acids is 2. The first-order valence-corrected chi connectivity index (χ1v) is 12.2. The zero-order chi connectivity index (χ0) is 24.0. The van der Waals surface area contributed by atoms with E-state index in [1.807, 2.05) is 59.6 Å². The van der Waals surface area contributed by atoms with Crippen LogP contribution in [0.5, 0.6) is 5.75 Å². The number of benzene rings is 2. The maximum absolute atomic E-state index is 13.5. The van der Waals surface area contributed by atoms with Crippen LogP contribution in [0.2, 0.25) is 0 Å². The number of likely N-dealkylation sites (tertiary alicyclic amines) is 1. The number of nitrogens with one attached hydrogen (secondary N) is 2. The van der Waals surface area contributed by atoms with Crippen molar-refractivity contribution >= 4 is 22.7 Å². The molecule has 2 saturated heterocycles. The van der Waals surface area contributed by atoms with Gasteiger partial charge in [-0.25, -0.2) is 0 Å². The molecule has 2 bridgehead atoms. The third kappa shape index (κ3) is 3.71. The number of aromatic amines is 1. The minimum absolute atomic E-state index is 0.0204. The first-order chi connectivity index (χ1) is 17.1. The quantitative estimate of drug-likeness (QED) is 0.495. The Hall–Kier alpha value is -3.58. The van der Waals surface area contributed by atoms with Gasteiger partial charge < -0.3 is 24.7 Å². The van der Waals surface area contributed by atoms with E-state index in [9.17, 15) is 9.59 Å². The Bertz CT molecular complexity index is 1300. The van der Waals surface area contributed by atoms with Crippen LogP contribution in [-0.2, 0) is 27.2 Å². The Kier molecular flexibility index (Phi) is 5.37. The van der Waals surface area contributed by atoms with Crippen LogP contribution in [0.3, 0.4) is 0 Å². The average Bonchev–Trinajstić information content (AvgIpc) is 3.63. The van der Waals surface area contributed by atoms with Gasteiger partial charge in [-0.05, 0) is 42.2 Å². The fourth-order valence-corrected chi connectivity index (χ4v) is 5.90. The molecule has 0 radical (unpaired) electrons. The maximum atomic E-state index is 13.5. The van der Waals surface area contributed by atoms with E-state index in [0.29, 0.717) is 26.1 Å². The Morgan fingerprint density at radius 1 is 1.20 bits per heavy atom. The third-order valence-corrected chi connectivity index (χ3v) is 7.68. The molecular formula is C28H29N3O4. The molecule has 6 rings (SSSR count). The third-order valence-electron chi connectivity index (χ3n) is 7.68. The second-order valence-corrected chi connectivity index (χ2v) is 9.66. The normalized spacial score (nSPS) is 26.5. The van der Waals surface area contributed by atoms with Crippen LogP contribution in [0.15, 0.2) is 66.9 Å². The number of aromatic nitrogens is 1. The summed E-state index contributed by atoms with van der Waals surface area (Å²) in [7, 11) is 1.64. The van der Waals surface area contributed by atoms with Crippen LogP contribution < -0.4 is 10.1 Å². The first kappa shape index (κ1) is 21.9. The molecule has 4 heterocycles. The number of H-pyrrole nitrogens is 1. The van der Waals surface area contributed by atoms with Gasteiger partial charge in [0.1, 0.15) is 11.4 Å². The topological polar surface area (TPSA) is 83.7 Å². The van der Waals surface area contributed by atoms with Crippen LogP contribution in [0.4, 0.5) is 0 Å². The SMILES string of the molecule is COc1ccc(CCNC(=O)[C@@H]2[C@@H]3C=C[C@@]4(CN(CCc5c[nH]c6ccccc56)C(=O)[C@@H]24)O3)cc1. The monoisotopic (exact) mass is 471 g/mol. The van der Waals surface area contributed by atoms with Gasteiger partial charge in [0.05, 0.1) is 31.6 Å². The molecule has 1 spiro atoms. The van der Waals surface area contributed by atoms with Gasteiger partial charge in [-0.15, -0.1) is 0 Å². The number of hydrogen-bond donors (Lipinski definition) is 2. The molecule has 35 heavy (non-hydrogen) atoms. The zero-order valence-corrected chi connectivity index (χ0v) is 19.7. The molecule has 0 unspecified atom stereocenters. The molecule has 2 fully saturated rings. The molecule has 3 aliphatic rings. The molecule has 4 atom stereocenters. The van der Waals surface area contributed by atoms with Crippen molar-refractivity contribution in [3.05, 3.63) is 78.0 Å². The summed E-state index contributed by atoms with van der Waals surface area (Å²) in [5.74, 6) is -0.218. The van der Waals surface area contributed by atoms with E-state index in [2.05, 4.69) is 22.4 Å². The summed E-state index contributed by atoms with van der Waals surface area (Å²) < 4.78 is 11.5. The van der Waals surface area contributed by atoms with E-state index < -0.39 is 17.4 Å². The van der Waals surface area contributed by atoms with Crippen LogP contribution in [0, 0.1) is 11.8 Å². The van der Waals surface area contributed by atoms with Crippen molar-refractivity contribution in [2.24, 2.45) is 11.8 Å². The zero-order valence-electron chi connectivity index (χ0n) is 19.7. The van der Waals surface area contributed by atoms with E-state index in [0.717, 1.165) is 23.3 Å². The number of nitrogens with zero attached hydrogens (tertiary/aromatic N) is 1. The molecule has 0 aliphatic carbocycles. The summed E-state index contributed by atoms with van der Waals surface area (Å²) >= 11 is 0. The Labute approximate surface area is 204 Å². The van der Waals surface area contributed by atoms with Gasteiger partial charge >= 0.3 is 0 Å². The molecule has 180 valence electrons. The maximum Gasteiger partial charge on any atom is 0.230 e. The summed E-state index contributed by atoms with van der Waals surface area (Å²) in [6.45, 7) is 1.62. The minimum Gasteiger partial charge on any atom is -0.497 e. The number of para-hydroxylation sites is 1.